The smallest absolute Gasteiger partial charge is 0.137 e. The van der Waals surface area contributed by atoms with Crippen molar-refractivity contribution in [1.82, 2.24) is 5.32 Å². The van der Waals surface area contributed by atoms with Crippen molar-refractivity contribution in [3.63, 3.8) is 0 Å². The van der Waals surface area contributed by atoms with Gasteiger partial charge in [0, 0.05) is 6.04 Å². The van der Waals surface area contributed by atoms with Crippen LogP contribution in [0.1, 0.15) is 31.4 Å². The maximum absolute atomic E-state index is 13.4. The Morgan fingerprint density at radius 2 is 2.25 bits per heavy atom. The average Bonchev–Trinajstić information content (AvgIpc) is 2.29. The fourth-order valence-electron chi connectivity index (χ4n) is 1.59. The molecular formula is C13H17BrFN. The maximum Gasteiger partial charge on any atom is 0.137 e. The Kier molecular flexibility index (Phi) is 5.16. The second-order valence-electron chi connectivity index (χ2n) is 3.79. The van der Waals surface area contributed by atoms with Gasteiger partial charge in [0.05, 0.1) is 4.47 Å². The van der Waals surface area contributed by atoms with Crippen LogP contribution in [0.4, 0.5) is 4.39 Å². The molecule has 0 aliphatic rings. The van der Waals surface area contributed by atoms with Gasteiger partial charge in [0.25, 0.3) is 0 Å². The van der Waals surface area contributed by atoms with E-state index in [0.717, 1.165) is 24.0 Å². The van der Waals surface area contributed by atoms with Crippen molar-refractivity contribution in [3.05, 3.63) is 46.2 Å². The van der Waals surface area contributed by atoms with E-state index in [1.165, 1.54) is 6.07 Å². The molecule has 0 amide bonds. The largest absolute Gasteiger partial charge is 0.313 e. The lowest BCUT2D eigenvalue weighted by atomic mass is 9.98. The third-order valence-electron chi connectivity index (χ3n) is 2.70. The molecule has 0 bridgehead atoms. The van der Waals surface area contributed by atoms with Crippen molar-refractivity contribution in [2.75, 3.05) is 7.05 Å². The Bertz CT molecular complexity index is 376. The third kappa shape index (κ3) is 3.16. The first-order valence-corrected chi connectivity index (χ1v) is 6.17. The van der Waals surface area contributed by atoms with Gasteiger partial charge in [-0.2, -0.15) is 0 Å². The van der Waals surface area contributed by atoms with E-state index >= 15 is 0 Å². The summed E-state index contributed by atoms with van der Waals surface area (Å²) in [5.41, 5.74) is 2.10. The van der Waals surface area contributed by atoms with Crippen molar-refractivity contribution >= 4 is 15.9 Å². The van der Waals surface area contributed by atoms with E-state index in [1.807, 2.05) is 13.1 Å². The van der Waals surface area contributed by atoms with E-state index in [2.05, 4.69) is 34.7 Å². The molecule has 0 aromatic heterocycles. The summed E-state index contributed by atoms with van der Waals surface area (Å²) in [6.07, 6.45) is 1.78. The Morgan fingerprint density at radius 1 is 1.56 bits per heavy atom. The zero-order chi connectivity index (χ0) is 12.1. The molecule has 0 aliphatic heterocycles. The van der Waals surface area contributed by atoms with Crippen LogP contribution < -0.4 is 5.32 Å². The molecule has 1 atom stereocenters. The highest BCUT2D eigenvalue weighted by Crippen LogP contribution is 2.29. The van der Waals surface area contributed by atoms with Crippen LogP contribution in [0.5, 0.6) is 0 Å². The first kappa shape index (κ1) is 13.4. The molecule has 1 unspecified atom stereocenters. The van der Waals surface area contributed by atoms with Crippen LogP contribution >= 0.6 is 15.9 Å². The molecular weight excluding hydrogens is 269 g/mol. The minimum Gasteiger partial charge on any atom is -0.313 e. The van der Waals surface area contributed by atoms with Crippen molar-refractivity contribution in [3.8, 4) is 0 Å². The summed E-state index contributed by atoms with van der Waals surface area (Å²) >= 11 is 3.29. The molecule has 0 saturated carbocycles. The molecule has 0 aliphatic carbocycles. The van der Waals surface area contributed by atoms with Crippen molar-refractivity contribution in [2.24, 2.45) is 0 Å². The van der Waals surface area contributed by atoms with Crippen LogP contribution in [0, 0.1) is 5.82 Å². The summed E-state index contributed by atoms with van der Waals surface area (Å²) in [4.78, 5) is 0. The Morgan fingerprint density at radius 3 is 2.81 bits per heavy atom. The molecule has 16 heavy (non-hydrogen) atoms. The Hall–Kier alpha value is -0.670. The summed E-state index contributed by atoms with van der Waals surface area (Å²) in [5.74, 6) is -0.222. The number of hydrogen-bond acceptors (Lipinski definition) is 1. The lowest BCUT2D eigenvalue weighted by molar-refractivity contribution is 0.565. The highest BCUT2D eigenvalue weighted by Gasteiger charge is 2.15. The van der Waals surface area contributed by atoms with Crippen LogP contribution in [0.15, 0.2) is 34.8 Å². The maximum atomic E-state index is 13.4. The van der Waals surface area contributed by atoms with Gasteiger partial charge in [-0.05, 0) is 47.4 Å². The number of rotatable bonds is 5. The van der Waals surface area contributed by atoms with Gasteiger partial charge < -0.3 is 5.32 Å². The molecule has 0 radical (unpaired) electrons. The summed E-state index contributed by atoms with van der Waals surface area (Å²) < 4.78 is 13.9. The molecule has 0 fully saturated rings. The minimum atomic E-state index is -0.222. The molecule has 0 heterocycles. The normalized spacial score (nSPS) is 12.5. The van der Waals surface area contributed by atoms with E-state index in [9.17, 15) is 4.39 Å². The summed E-state index contributed by atoms with van der Waals surface area (Å²) in [6, 6.07) is 5.22. The van der Waals surface area contributed by atoms with E-state index in [-0.39, 0.29) is 11.9 Å². The van der Waals surface area contributed by atoms with E-state index in [1.54, 1.807) is 6.07 Å². The molecule has 1 rings (SSSR count). The predicted octanol–water partition coefficient (Wildman–Crippen LogP) is 4.21. The SMILES string of the molecule is C=C(CC)CC(NC)c1cccc(F)c1Br. The van der Waals surface area contributed by atoms with Crippen LogP contribution in [-0.2, 0) is 0 Å². The highest BCUT2D eigenvalue weighted by atomic mass is 79.9. The number of nitrogens with one attached hydrogen (secondary N) is 1. The van der Waals surface area contributed by atoms with E-state index in [4.69, 9.17) is 0 Å². The quantitative estimate of drug-likeness (QED) is 0.800. The van der Waals surface area contributed by atoms with Crippen molar-refractivity contribution < 1.29 is 4.39 Å². The molecule has 3 heteroatoms. The van der Waals surface area contributed by atoms with Gasteiger partial charge in [0.2, 0.25) is 0 Å². The van der Waals surface area contributed by atoms with Crippen molar-refractivity contribution in [1.29, 1.82) is 0 Å². The van der Waals surface area contributed by atoms with Gasteiger partial charge >= 0.3 is 0 Å². The van der Waals surface area contributed by atoms with Gasteiger partial charge in [-0.25, -0.2) is 4.39 Å². The third-order valence-corrected chi connectivity index (χ3v) is 3.53. The lowest BCUT2D eigenvalue weighted by Gasteiger charge is -2.19. The van der Waals surface area contributed by atoms with E-state index < -0.39 is 0 Å². The monoisotopic (exact) mass is 285 g/mol. The predicted molar refractivity (Wildman–Crippen MR) is 69.9 cm³/mol. The zero-order valence-electron chi connectivity index (χ0n) is 9.69. The van der Waals surface area contributed by atoms with Gasteiger partial charge in [0.15, 0.2) is 0 Å². The first-order valence-electron chi connectivity index (χ1n) is 5.38. The van der Waals surface area contributed by atoms with Gasteiger partial charge in [-0.15, -0.1) is 0 Å². The minimum absolute atomic E-state index is 0.109. The van der Waals surface area contributed by atoms with Gasteiger partial charge in [0.1, 0.15) is 5.82 Å². The standard InChI is InChI=1S/C13H17BrFN/c1-4-9(2)8-12(16-3)10-6-5-7-11(15)13(10)14/h5-7,12,16H,2,4,8H2,1,3H3. The molecule has 1 aromatic carbocycles. The number of halogens is 2. The van der Waals surface area contributed by atoms with Crippen LogP contribution in [0.2, 0.25) is 0 Å². The molecule has 0 saturated heterocycles. The van der Waals surface area contributed by atoms with E-state index in [0.29, 0.717) is 4.47 Å². The molecule has 0 spiro atoms. The molecule has 1 nitrogen and oxygen atoms in total. The van der Waals surface area contributed by atoms with Crippen LogP contribution in [0.25, 0.3) is 0 Å². The second-order valence-corrected chi connectivity index (χ2v) is 4.58. The first-order chi connectivity index (χ1) is 7.60. The fourth-order valence-corrected chi connectivity index (χ4v) is 2.13. The second kappa shape index (κ2) is 6.16. The van der Waals surface area contributed by atoms with Crippen LogP contribution in [0.3, 0.4) is 0 Å². The van der Waals surface area contributed by atoms with Crippen molar-refractivity contribution in [2.45, 2.75) is 25.8 Å². The van der Waals surface area contributed by atoms with Crippen LogP contribution in [-0.4, -0.2) is 7.05 Å². The molecule has 88 valence electrons. The summed E-state index contributed by atoms with van der Waals surface area (Å²) in [5, 5.41) is 3.19. The lowest BCUT2D eigenvalue weighted by Crippen LogP contribution is -2.17. The Labute approximate surface area is 105 Å². The average molecular weight is 286 g/mol. The zero-order valence-corrected chi connectivity index (χ0v) is 11.3. The van der Waals surface area contributed by atoms with Gasteiger partial charge in [-0.3, -0.25) is 0 Å². The highest BCUT2D eigenvalue weighted by molar-refractivity contribution is 9.10. The number of hydrogen-bond donors (Lipinski definition) is 1. The molecule has 1 N–H and O–H groups in total. The Balaban J connectivity index is 2.95. The van der Waals surface area contributed by atoms with Gasteiger partial charge in [-0.1, -0.05) is 31.2 Å². The fraction of sp³-hybridized carbons (Fsp3) is 0.385. The summed E-state index contributed by atoms with van der Waals surface area (Å²) in [6.45, 7) is 6.07. The topological polar surface area (TPSA) is 12.0 Å². The number of benzene rings is 1. The molecule has 1 aromatic rings. The summed E-state index contributed by atoms with van der Waals surface area (Å²) in [7, 11) is 1.88.